The molecule has 0 aliphatic heterocycles. The molecule has 0 aliphatic carbocycles. The predicted octanol–water partition coefficient (Wildman–Crippen LogP) is 4.92. The van der Waals surface area contributed by atoms with Gasteiger partial charge in [-0.15, -0.1) is 0 Å². The zero-order chi connectivity index (χ0) is 23.2. The SMILES string of the molecule is CCOC(=O)c1ccc(OCc2noc3c(CN(C)Cc4ccccc4)c(O)ccc23)cc1. The molecule has 1 heterocycles. The highest BCUT2D eigenvalue weighted by atomic mass is 16.5. The van der Waals surface area contributed by atoms with Crippen LogP contribution in [0, 0.1) is 0 Å². The molecule has 0 unspecified atom stereocenters. The van der Waals surface area contributed by atoms with Gasteiger partial charge < -0.3 is 19.1 Å². The van der Waals surface area contributed by atoms with Crippen LogP contribution in [0.25, 0.3) is 11.0 Å². The Morgan fingerprint density at radius 3 is 2.52 bits per heavy atom. The van der Waals surface area contributed by atoms with Gasteiger partial charge >= 0.3 is 5.97 Å². The van der Waals surface area contributed by atoms with E-state index in [9.17, 15) is 9.90 Å². The molecular formula is C26H26N2O5. The second-order valence-corrected chi connectivity index (χ2v) is 7.76. The van der Waals surface area contributed by atoms with Gasteiger partial charge in [-0.3, -0.25) is 4.90 Å². The lowest BCUT2D eigenvalue weighted by molar-refractivity contribution is 0.0526. The van der Waals surface area contributed by atoms with E-state index in [0.29, 0.717) is 41.3 Å². The molecule has 0 saturated carbocycles. The summed E-state index contributed by atoms with van der Waals surface area (Å²) in [5.41, 5.74) is 3.52. The van der Waals surface area contributed by atoms with Crippen molar-refractivity contribution in [3.8, 4) is 11.5 Å². The molecule has 0 amide bonds. The van der Waals surface area contributed by atoms with Crippen molar-refractivity contribution in [3.05, 3.63) is 89.1 Å². The maximum absolute atomic E-state index is 11.8. The Hall–Kier alpha value is -3.84. The first kappa shape index (κ1) is 22.4. The van der Waals surface area contributed by atoms with Gasteiger partial charge in [0.15, 0.2) is 5.58 Å². The average Bonchev–Trinajstić information content (AvgIpc) is 3.24. The quantitative estimate of drug-likeness (QED) is 0.365. The number of aromatic nitrogens is 1. The first-order valence-corrected chi connectivity index (χ1v) is 10.8. The fourth-order valence-electron chi connectivity index (χ4n) is 3.63. The first-order valence-electron chi connectivity index (χ1n) is 10.8. The van der Waals surface area contributed by atoms with Crippen molar-refractivity contribution in [1.82, 2.24) is 10.1 Å². The van der Waals surface area contributed by atoms with E-state index in [4.69, 9.17) is 14.0 Å². The van der Waals surface area contributed by atoms with Crippen LogP contribution < -0.4 is 4.74 Å². The van der Waals surface area contributed by atoms with Crippen molar-refractivity contribution in [3.63, 3.8) is 0 Å². The fraction of sp³-hybridized carbons (Fsp3) is 0.231. The van der Waals surface area contributed by atoms with E-state index in [1.165, 1.54) is 5.56 Å². The Bertz CT molecular complexity index is 1220. The number of esters is 1. The van der Waals surface area contributed by atoms with Crippen LogP contribution in [0.15, 0.2) is 71.3 Å². The van der Waals surface area contributed by atoms with Crippen molar-refractivity contribution in [1.29, 1.82) is 0 Å². The summed E-state index contributed by atoms with van der Waals surface area (Å²) in [4.78, 5) is 13.9. The van der Waals surface area contributed by atoms with Gasteiger partial charge in [0, 0.05) is 18.5 Å². The molecule has 4 rings (SSSR count). The number of hydrogen-bond acceptors (Lipinski definition) is 7. The number of hydrogen-bond donors (Lipinski definition) is 1. The molecule has 4 aromatic rings. The largest absolute Gasteiger partial charge is 0.507 e. The maximum atomic E-state index is 11.8. The number of phenolic OH excluding ortho intramolecular Hbond substituents is 1. The van der Waals surface area contributed by atoms with Crippen LogP contribution >= 0.6 is 0 Å². The molecule has 0 aliphatic rings. The van der Waals surface area contributed by atoms with E-state index in [0.717, 1.165) is 11.9 Å². The minimum absolute atomic E-state index is 0.167. The topological polar surface area (TPSA) is 85.0 Å². The molecule has 0 radical (unpaired) electrons. The molecule has 0 atom stereocenters. The molecule has 3 aromatic carbocycles. The van der Waals surface area contributed by atoms with Crippen LogP contribution in [0.3, 0.4) is 0 Å². The smallest absolute Gasteiger partial charge is 0.338 e. The Morgan fingerprint density at radius 1 is 1.03 bits per heavy atom. The molecule has 7 heteroatoms. The van der Waals surface area contributed by atoms with Crippen LogP contribution in [0.1, 0.15) is 34.1 Å². The zero-order valence-corrected chi connectivity index (χ0v) is 18.7. The monoisotopic (exact) mass is 446 g/mol. The second kappa shape index (κ2) is 10.2. The minimum atomic E-state index is -0.365. The molecule has 0 spiro atoms. The van der Waals surface area contributed by atoms with Gasteiger partial charge in [0.25, 0.3) is 0 Å². The molecule has 170 valence electrons. The number of ether oxygens (including phenoxy) is 2. The third kappa shape index (κ3) is 5.32. The fourth-order valence-corrected chi connectivity index (χ4v) is 3.63. The third-order valence-corrected chi connectivity index (χ3v) is 5.26. The Morgan fingerprint density at radius 2 is 1.79 bits per heavy atom. The molecule has 7 nitrogen and oxygen atoms in total. The molecule has 33 heavy (non-hydrogen) atoms. The van der Waals surface area contributed by atoms with Crippen molar-refractivity contribution in [2.45, 2.75) is 26.6 Å². The average molecular weight is 447 g/mol. The number of carbonyl (C=O) groups excluding carboxylic acids is 1. The van der Waals surface area contributed by atoms with Crippen LogP contribution in [0.2, 0.25) is 0 Å². The Kier molecular flexibility index (Phi) is 6.90. The highest BCUT2D eigenvalue weighted by Crippen LogP contribution is 2.31. The molecule has 0 bridgehead atoms. The lowest BCUT2D eigenvalue weighted by Crippen LogP contribution is -2.17. The second-order valence-electron chi connectivity index (χ2n) is 7.76. The molecular weight excluding hydrogens is 420 g/mol. The van der Waals surface area contributed by atoms with Gasteiger partial charge in [0.2, 0.25) is 0 Å². The number of aromatic hydroxyl groups is 1. The zero-order valence-electron chi connectivity index (χ0n) is 18.7. The molecule has 0 saturated heterocycles. The lowest BCUT2D eigenvalue weighted by Gasteiger charge is -2.17. The highest BCUT2D eigenvalue weighted by Gasteiger charge is 2.18. The number of fused-ring (bicyclic) bond motifs is 1. The lowest BCUT2D eigenvalue weighted by atomic mass is 10.1. The molecule has 1 aromatic heterocycles. The maximum Gasteiger partial charge on any atom is 0.338 e. The van der Waals surface area contributed by atoms with Crippen LogP contribution in [0.5, 0.6) is 11.5 Å². The van der Waals surface area contributed by atoms with Crippen molar-refractivity contribution in [2.24, 2.45) is 0 Å². The summed E-state index contributed by atoms with van der Waals surface area (Å²) >= 11 is 0. The van der Waals surface area contributed by atoms with E-state index < -0.39 is 0 Å². The van der Waals surface area contributed by atoms with Gasteiger partial charge in [-0.2, -0.15) is 0 Å². The molecule has 0 fully saturated rings. The third-order valence-electron chi connectivity index (χ3n) is 5.26. The number of nitrogens with zero attached hydrogens (tertiary/aromatic N) is 2. The summed E-state index contributed by atoms with van der Waals surface area (Å²) in [6.07, 6.45) is 0. The van der Waals surface area contributed by atoms with E-state index >= 15 is 0 Å². The van der Waals surface area contributed by atoms with Crippen molar-refractivity contribution >= 4 is 16.9 Å². The number of benzene rings is 3. The summed E-state index contributed by atoms with van der Waals surface area (Å²) in [7, 11) is 1.99. The van der Waals surface area contributed by atoms with Crippen molar-refractivity contribution < 1.29 is 23.9 Å². The van der Waals surface area contributed by atoms with E-state index in [1.807, 2.05) is 25.2 Å². The summed E-state index contributed by atoms with van der Waals surface area (Å²) < 4.78 is 16.4. The van der Waals surface area contributed by atoms with Gasteiger partial charge in [0.1, 0.15) is 23.8 Å². The highest BCUT2D eigenvalue weighted by molar-refractivity contribution is 5.89. The summed E-state index contributed by atoms with van der Waals surface area (Å²) in [5.74, 6) is 0.400. The normalized spacial score (nSPS) is 11.1. The minimum Gasteiger partial charge on any atom is -0.507 e. The summed E-state index contributed by atoms with van der Waals surface area (Å²) in [6, 6.07) is 20.3. The van der Waals surface area contributed by atoms with E-state index in [2.05, 4.69) is 22.2 Å². The number of rotatable bonds is 9. The van der Waals surface area contributed by atoms with E-state index in [1.54, 1.807) is 43.3 Å². The van der Waals surface area contributed by atoms with Gasteiger partial charge in [0.05, 0.1) is 17.7 Å². The molecule has 1 N–H and O–H groups in total. The van der Waals surface area contributed by atoms with Crippen LogP contribution in [0.4, 0.5) is 0 Å². The Balaban J connectivity index is 1.46. The summed E-state index contributed by atoms with van der Waals surface area (Å²) in [6.45, 7) is 3.53. The summed E-state index contributed by atoms with van der Waals surface area (Å²) in [5, 5.41) is 15.4. The van der Waals surface area contributed by atoms with Crippen LogP contribution in [-0.2, 0) is 24.4 Å². The van der Waals surface area contributed by atoms with Gasteiger partial charge in [-0.25, -0.2) is 4.79 Å². The number of carbonyl (C=O) groups is 1. The van der Waals surface area contributed by atoms with Crippen molar-refractivity contribution in [2.75, 3.05) is 13.7 Å². The first-order chi connectivity index (χ1) is 16.0. The van der Waals surface area contributed by atoms with Gasteiger partial charge in [-0.05, 0) is 55.9 Å². The van der Waals surface area contributed by atoms with Gasteiger partial charge in [-0.1, -0.05) is 35.5 Å². The van der Waals surface area contributed by atoms with Crippen LogP contribution in [-0.4, -0.2) is 34.8 Å². The number of phenols is 1. The predicted molar refractivity (Wildman–Crippen MR) is 124 cm³/mol. The van der Waals surface area contributed by atoms with E-state index in [-0.39, 0.29) is 18.3 Å². The standard InChI is InChI=1S/C26H26N2O5/c1-3-31-26(30)19-9-11-20(12-10-19)32-17-23-21-13-14-24(29)22(25(21)33-27-23)16-28(2)15-18-7-5-4-6-8-18/h4-14,29H,3,15-17H2,1-2H3. The Labute approximate surface area is 192 Å².